The Hall–Kier alpha value is -0.940. The zero-order valence-corrected chi connectivity index (χ0v) is 9.82. The van der Waals surface area contributed by atoms with Gasteiger partial charge in [0, 0.05) is 5.92 Å². The average molecular weight is 235 g/mol. The molecule has 92 valence electrons. The standard InChI is InChI=1S/C13H17NO3/c1-9-12-11(7-16-9)13(17-8-14(12)15)10-5-3-2-4-6-10/h2-6,9,11-13,15H,7-8H2,1H3/t9-,11+,12-,13-/m0/s1. The first-order valence-corrected chi connectivity index (χ1v) is 6.01. The molecule has 1 aromatic rings. The van der Waals surface area contributed by atoms with E-state index in [2.05, 4.69) is 12.1 Å². The van der Waals surface area contributed by atoms with Crippen molar-refractivity contribution in [1.82, 2.24) is 5.06 Å². The second-order valence-corrected chi connectivity index (χ2v) is 4.76. The summed E-state index contributed by atoms with van der Waals surface area (Å²) in [4.78, 5) is 0. The fraction of sp³-hybridized carbons (Fsp3) is 0.538. The van der Waals surface area contributed by atoms with Gasteiger partial charge in [0.25, 0.3) is 0 Å². The van der Waals surface area contributed by atoms with Gasteiger partial charge in [-0.1, -0.05) is 30.3 Å². The molecule has 3 rings (SSSR count). The van der Waals surface area contributed by atoms with Crippen molar-refractivity contribution in [1.29, 1.82) is 0 Å². The smallest absolute Gasteiger partial charge is 0.123 e. The largest absolute Gasteiger partial charge is 0.376 e. The molecular weight excluding hydrogens is 218 g/mol. The third-order valence-corrected chi connectivity index (χ3v) is 3.72. The van der Waals surface area contributed by atoms with E-state index < -0.39 is 0 Å². The van der Waals surface area contributed by atoms with Gasteiger partial charge in [-0.25, -0.2) is 0 Å². The molecule has 2 fully saturated rings. The van der Waals surface area contributed by atoms with E-state index in [4.69, 9.17) is 9.47 Å². The molecule has 17 heavy (non-hydrogen) atoms. The molecule has 0 radical (unpaired) electrons. The topological polar surface area (TPSA) is 41.9 Å². The first-order chi connectivity index (χ1) is 8.27. The summed E-state index contributed by atoms with van der Waals surface area (Å²) in [6.07, 6.45) is 0.0784. The van der Waals surface area contributed by atoms with Crippen LogP contribution >= 0.6 is 0 Å². The maximum atomic E-state index is 9.84. The maximum Gasteiger partial charge on any atom is 0.123 e. The summed E-state index contributed by atoms with van der Waals surface area (Å²) in [5, 5.41) is 11.1. The van der Waals surface area contributed by atoms with Crippen LogP contribution in [-0.2, 0) is 9.47 Å². The number of fused-ring (bicyclic) bond motifs is 1. The number of rotatable bonds is 1. The van der Waals surface area contributed by atoms with Gasteiger partial charge in [0.1, 0.15) is 6.73 Å². The van der Waals surface area contributed by atoms with Crippen LogP contribution in [0.3, 0.4) is 0 Å². The summed E-state index contributed by atoms with van der Waals surface area (Å²) in [5.41, 5.74) is 1.16. The molecule has 0 spiro atoms. The van der Waals surface area contributed by atoms with Crippen LogP contribution in [0.4, 0.5) is 0 Å². The number of hydrogen-bond donors (Lipinski definition) is 1. The lowest BCUT2D eigenvalue weighted by molar-refractivity contribution is -0.255. The van der Waals surface area contributed by atoms with E-state index in [0.29, 0.717) is 6.61 Å². The molecule has 4 heteroatoms. The van der Waals surface area contributed by atoms with Crippen LogP contribution in [0.2, 0.25) is 0 Å². The van der Waals surface area contributed by atoms with Gasteiger partial charge in [-0.3, -0.25) is 0 Å². The molecule has 0 unspecified atom stereocenters. The van der Waals surface area contributed by atoms with Crippen LogP contribution in [0.15, 0.2) is 30.3 Å². The van der Waals surface area contributed by atoms with Gasteiger partial charge in [0.15, 0.2) is 0 Å². The summed E-state index contributed by atoms with van der Waals surface area (Å²) >= 11 is 0. The molecule has 0 aromatic heterocycles. The van der Waals surface area contributed by atoms with Gasteiger partial charge < -0.3 is 14.7 Å². The molecule has 0 saturated carbocycles. The van der Waals surface area contributed by atoms with Crippen LogP contribution < -0.4 is 0 Å². The molecule has 4 atom stereocenters. The van der Waals surface area contributed by atoms with E-state index in [9.17, 15) is 5.21 Å². The molecule has 0 bridgehead atoms. The highest BCUT2D eigenvalue weighted by molar-refractivity contribution is 5.20. The molecule has 2 aliphatic rings. The van der Waals surface area contributed by atoms with Crippen LogP contribution in [0.25, 0.3) is 0 Å². The van der Waals surface area contributed by atoms with Gasteiger partial charge in [-0.05, 0) is 12.5 Å². The minimum absolute atomic E-state index is 0.0227. The SMILES string of the molecule is C[C@@H]1OC[C@@H]2[C@H]1N(O)CO[C@H]2c1ccccc1. The minimum Gasteiger partial charge on any atom is -0.376 e. The third kappa shape index (κ3) is 1.87. The van der Waals surface area contributed by atoms with Crippen LogP contribution in [-0.4, -0.2) is 35.8 Å². The Bertz CT molecular complexity index is 384. The fourth-order valence-electron chi connectivity index (χ4n) is 2.89. The maximum absolute atomic E-state index is 9.84. The Labute approximate surface area is 101 Å². The molecule has 0 amide bonds. The lowest BCUT2D eigenvalue weighted by Gasteiger charge is -2.39. The van der Waals surface area contributed by atoms with Crippen molar-refractivity contribution in [2.45, 2.75) is 25.2 Å². The first-order valence-electron chi connectivity index (χ1n) is 6.01. The summed E-state index contributed by atoms with van der Waals surface area (Å²) in [6, 6.07) is 10.2. The van der Waals surface area contributed by atoms with E-state index in [1.165, 1.54) is 5.06 Å². The zero-order valence-electron chi connectivity index (χ0n) is 9.82. The van der Waals surface area contributed by atoms with Gasteiger partial charge in [0.2, 0.25) is 0 Å². The second-order valence-electron chi connectivity index (χ2n) is 4.76. The zero-order chi connectivity index (χ0) is 11.8. The van der Waals surface area contributed by atoms with Gasteiger partial charge in [-0.15, -0.1) is 0 Å². The monoisotopic (exact) mass is 235 g/mol. The number of nitrogens with zero attached hydrogens (tertiary/aromatic N) is 1. The van der Waals surface area contributed by atoms with Crippen molar-refractivity contribution < 1.29 is 14.7 Å². The van der Waals surface area contributed by atoms with Crippen molar-refractivity contribution in [3.8, 4) is 0 Å². The van der Waals surface area contributed by atoms with Gasteiger partial charge in [-0.2, -0.15) is 5.06 Å². The minimum atomic E-state index is 0.0227. The Balaban J connectivity index is 1.88. The van der Waals surface area contributed by atoms with E-state index >= 15 is 0 Å². The average Bonchev–Trinajstić information content (AvgIpc) is 2.74. The molecule has 2 saturated heterocycles. The second kappa shape index (κ2) is 4.38. The molecule has 2 aliphatic heterocycles. The Kier molecular flexibility index (Phi) is 2.88. The van der Waals surface area contributed by atoms with Crippen molar-refractivity contribution >= 4 is 0 Å². The van der Waals surface area contributed by atoms with Crippen molar-refractivity contribution in [2.75, 3.05) is 13.3 Å². The van der Waals surface area contributed by atoms with Crippen molar-refractivity contribution in [3.05, 3.63) is 35.9 Å². The van der Waals surface area contributed by atoms with Crippen LogP contribution in [0.1, 0.15) is 18.6 Å². The number of hydroxylamine groups is 2. The van der Waals surface area contributed by atoms with Crippen molar-refractivity contribution in [3.63, 3.8) is 0 Å². The highest BCUT2D eigenvalue weighted by Gasteiger charge is 2.47. The quantitative estimate of drug-likeness (QED) is 0.806. The molecule has 0 aliphatic carbocycles. The molecule has 1 aromatic carbocycles. The summed E-state index contributed by atoms with van der Waals surface area (Å²) < 4.78 is 11.4. The first kappa shape index (κ1) is 11.2. The Morgan fingerprint density at radius 1 is 1.24 bits per heavy atom. The molecule has 1 N–H and O–H groups in total. The Morgan fingerprint density at radius 2 is 2.00 bits per heavy atom. The fourth-order valence-corrected chi connectivity index (χ4v) is 2.89. The van der Waals surface area contributed by atoms with E-state index in [1.807, 2.05) is 25.1 Å². The predicted octanol–water partition coefficient (Wildman–Crippen LogP) is 1.81. The lowest BCUT2D eigenvalue weighted by Crippen LogP contribution is -2.49. The van der Waals surface area contributed by atoms with Crippen molar-refractivity contribution in [2.24, 2.45) is 5.92 Å². The number of benzene rings is 1. The Morgan fingerprint density at radius 3 is 2.76 bits per heavy atom. The third-order valence-electron chi connectivity index (χ3n) is 3.72. The highest BCUT2D eigenvalue weighted by Crippen LogP contribution is 2.40. The number of ether oxygens (including phenoxy) is 2. The summed E-state index contributed by atoms with van der Waals surface area (Å²) in [5.74, 6) is 0.200. The predicted molar refractivity (Wildman–Crippen MR) is 61.5 cm³/mol. The summed E-state index contributed by atoms with van der Waals surface area (Å²) in [7, 11) is 0. The van der Waals surface area contributed by atoms with E-state index in [-0.39, 0.29) is 30.9 Å². The van der Waals surface area contributed by atoms with E-state index in [0.717, 1.165) is 5.56 Å². The van der Waals surface area contributed by atoms with Crippen LogP contribution in [0.5, 0.6) is 0 Å². The lowest BCUT2D eigenvalue weighted by atomic mass is 9.88. The highest BCUT2D eigenvalue weighted by atomic mass is 16.6. The van der Waals surface area contributed by atoms with Crippen LogP contribution in [0, 0.1) is 5.92 Å². The molecular formula is C13H17NO3. The van der Waals surface area contributed by atoms with E-state index in [1.54, 1.807) is 0 Å². The summed E-state index contributed by atoms with van der Waals surface area (Å²) in [6.45, 7) is 2.89. The number of hydrogen-bond acceptors (Lipinski definition) is 4. The molecule has 4 nitrogen and oxygen atoms in total. The normalized spacial score (nSPS) is 38.0. The molecule has 2 heterocycles. The van der Waals surface area contributed by atoms with Gasteiger partial charge in [0.05, 0.1) is 24.9 Å². The van der Waals surface area contributed by atoms with Gasteiger partial charge >= 0.3 is 0 Å².